The number of carbonyl (C=O) groups excluding carboxylic acids is 2. The van der Waals surface area contributed by atoms with Crippen LogP contribution in [0.1, 0.15) is 84.2 Å². The number of carbonyl (C=O) groups is 3. The van der Waals surface area contributed by atoms with Crippen LogP contribution in [-0.2, 0) is 16.0 Å². The Balaban J connectivity index is 1.78. The van der Waals surface area contributed by atoms with Crippen LogP contribution in [0.4, 0.5) is 5.69 Å². The topological polar surface area (TPSA) is 92.7 Å². The summed E-state index contributed by atoms with van der Waals surface area (Å²) >= 11 is 0. The summed E-state index contributed by atoms with van der Waals surface area (Å²) in [4.78, 5) is 35.3. The monoisotopic (exact) mass is 425 g/mol. The Labute approximate surface area is 183 Å². The highest BCUT2D eigenvalue weighted by Gasteiger charge is 2.13. The molecule has 0 heterocycles. The Morgan fingerprint density at radius 3 is 2.26 bits per heavy atom. The van der Waals surface area contributed by atoms with Crippen LogP contribution in [0.3, 0.4) is 0 Å². The third kappa shape index (κ3) is 7.55. The fraction of sp³-hybridized carbons (Fsp3) is 0.400. The highest BCUT2D eigenvalue weighted by molar-refractivity contribution is 5.95. The summed E-state index contributed by atoms with van der Waals surface area (Å²) in [6.45, 7) is 6.15. The van der Waals surface area contributed by atoms with Gasteiger partial charge in [0.25, 0.3) is 0 Å². The summed E-state index contributed by atoms with van der Waals surface area (Å²) in [5.41, 5.74) is 3.35. The second kappa shape index (κ2) is 11.9. The van der Waals surface area contributed by atoms with Crippen molar-refractivity contribution in [2.24, 2.45) is 0 Å². The molecule has 2 N–H and O–H groups in total. The summed E-state index contributed by atoms with van der Waals surface area (Å²) in [6, 6.07) is 12.3. The Kier molecular flexibility index (Phi) is 9.25. The molecule has 2 aromatic rings. The first-order chi connectivity index (χ1) is 14.8. The fourth-order valence-electron chi connectivity index (χ4n) is 3.33. The van der Waals surface area contributed by atoms with Crippen molar-refractivity contribution in [2.75, 3.05) is 11.9 Å². The van der Waals surface area contributed by atoms with Crippen LogP contribution in [-0.4, -0.2) is 29.6 Å². The van der Waals surface area contributed by atoms with Gasteiger partial charge in [-0.15, -0.1) is 0 Å². The number of hydrogen-bond donors (Lipinski definition) is 2. The van der Waals surface area contributed by atoms with E-state index in [9.17, 15) is 19.5 Å². The van der Waals surface area contributed by atoms with Crippen LogP contribution < -0.4 is 5.32 Å². The minimum absolute atomic E-state index is 0.108. The Morgan fingerprint density at radius 1 is 0.968 bits per heavy atom. The van der Waals surface area contributed by atoms with E-state index in [0.717, 1.165) is 36.8 Å². The molecule has 6 heteroatoms. The maximum absolute atomic E-state index is 12.4. The molecule has 0 spiro atoms. The van der Waals surface area contributed by atoms with Crippen molar-refractivity contribution in [2.45, 2.75) is 58.8 Å². The molecule has 0 unspecified atom stereocenters. The molecule has 0 aliphatic carbocycles. The summed E-state index contributed by atoms with van der Waals surface area (Å²) in [7, 11) is 0. The number of benzene rings is 2. The highest BCUT2D eigenvalue weighted by Crippen LogP contribution is 2.26. The van der Waals surface area contributed by atoms with E-state index in [-0.39, 0.29) is 23.4 Å². The van der Waals surface area contributed by atoms with Crippen molar-refractivity contribution in [3.05, 3.63) is 64.7 Å². The normalized spacial score (nSPS) is 10.7. The average molecular weight is 426 g/mol. The molecule has 2 rings (SSSR count). The minimum Gasteiger partial charge on any atom is -0.478 e. The number of ether oxygens (including phenoxy) is 1. The summed E-state index contributed by atoms with van der Waals surface area (Å²) in [5, 5.41) is 12.1. The number of amides is 1. The van der Waals surface area contributed by atoms with Gasteiger partial charge in [0.15, 0.2) is 0 Å². The van der Waals surface area contributed by atoms with Gasteiger partial charge in [-0.25, -0.2) is 9.59 Å². The predicted molar refractivity (Wildman–Crippen MR) is 121 cm³/mol. The molecule has 0 aromatic heterocycles. The molecule has 166 valence electrons. The zero-order valence-corrected chi connectivity index (χ0v) is 18.4. The summed E-state index contributed by atoms with van der Waals surface area (Å²) < 4.78 is 4.98. The van der Waals surface area contributed by atoms with E-state index in [1.54, 1.807) is 31.2 Å². The number of aromatic carboxylic acids is 1. The minimum atomic E-state index is -1.01. The third-order valence-corrected chi connectivity index (χ3v) is 5.03. The Bertz CT molecular complexity index is 903. The maximum atomic E-state index is 12.4. The van der Waals surface area contributed by atoms with Crippen molar-refractivity contribution >= 4 is 23.5 Å². The first-order valence-corrected chi connectivity index (χ1v) is 10.7. The van der Waals surface area contributed by atoms with Gasteiger partial charge in [-0.3, -0.25) is 4.79 Å². The maximum Gasteiger partial charge on any atom is 0.338 e. The van der Waals surface area contributed by atoms with E-state index in [4.69, 9.17) is 4.74 Å². The molecule has 0 aliphatic heterocycles. The lowest BCUT2D eigenvalue weighted by molar-refractivity contribution is -0.116. The molecule has 1 amide bonds. The van der Waals surface area contributed by atoms with Crippen LogP contribution in [0.15, 0.2) is 42.5 Å². The summed E-state index contributed by atoms with van der Waals surface area (Å²) in [6.07, 6.45) is 3.86. The molecule has 0 bridgehead atoms. The van der Waals surface area contributed by atoms with Gasteiger partial charge in [0.05, 0.1) is 17.7 Å². The standard InChI is InChI=1S/C25H31NO5/c1-4-31-25(30)19-12-10-18(11-13-19)8-6-5-7-9-23(27)26-22-16-20(24(28)29)14-15-21(22)17(2)3/h10-17H,4-9H2,1-3H3,(H,26,27)(H,28,29). The predicted octanol–water partition coefficient (Wildman–Crippen LogP) is 5.43. The molecular weight excluding hydrogens is 394 g/mol. The highest BCUT2D eigenvalue weighted by atomic mass is 16.5. The molecule has 0 aliphatic rings. The molecule has 0 fully saturated rings. The fourth-order valence-corrected chi connectivity index (χ4v) is 3.33. The van der Waals surface area contributed by atoms with E-state index in [1.165, 1.54) is 6.07 Å². The number of unbranched alkanes of at least 4 members (excludes halogenated alkanes) is 2. The zero-order chi connectivity index (χ0) is 22.8. The number of carboxylic acids is 1. The average Bonchev–Trinajstić information content (AvgIpc) is 2.73. The SMILES string of the molecule is CCOC(=O)c1ccc(CCCCCC(=O)Nc2cc(C(=O)O)ccc2C(C)C)cc1. The largest absolute Gasteiger partial charge is 0.478 e. The van der Waals surface area contributed by atoms with Crippen LogP contribution in [0.5, 0.6) is 0 Å². The Morgan fingerprint density at radius 2 is 1.65 bits per heavy atom. The molecule has 0 saturated heterocycles. The van der Waals surface area contributed by atoms with Crippen molar-refractivity contribution in [3.8, 4) is 0 Å². The number of rotatable bonds is 11. The van der Waals surface area contributed by atoms with E-state index >= 15 is 0 Å². The van der Waals surface area contributed by atoms with Gasteiger partial charge in [0.2, 0.25) is 5.91 Å². The van der Waals surface area contributed by atoms with Gasteiger partial charge in [0.1, 0.15) is 0 Å². The smallest absolute Gasteiger partial charge is 0.338 e. The van der Waals surface area contributed by atoms with Crippen molar-refractivity contribution in [3.63, 3.8) is 0 Å². The van der Waals surface area contributed by atoms with Crippen LogP contribution in [0, 0.1) is 0 Å². The lowest BCUT2D eigenvalue weighted by Crippen LogP contribution is -2.14. The zero-order valence-electron chi connectivity index (χ0n) is 18.4. The lowest BCUT2D eigenvalue weighted by Gasteiger charge is -2.14. The van der Waals surface area contributed by atoms with Crippen molar-refractivity contribution < 1.29 is 24.2 Å². The van der Waals surface area contributed by atoms with E-state index in [2.05, 4.69) is 5.32 Å². The van der Waals surface area contributed by atoms with Gasteiger partial charge < -0.3 is 15.2 Å². The van der Waals surface area contributed by atoms with E-state index < -0.39 is 5.97 Å². The first kappa shape index (κ1) is 24.1. The number of hydrogen-bond acceptors (Lipinski definition) is 4. The lowest BCUT2D eigenvalue weighted by atomic mass is 9.99. The van der Waals surface area contributed by atoms with Gasteiger partial charge in [-0.1, -0.05) is 38.5 Å². The van der Waals surface area contributed by atoms with Gasteiger partial charge >= 0.3 is 11.9 Å². The quantitative estimate of drug-likeness (QED) is 0.370. The second-order valence-electron chi connectivity index (χ2n) is 7.79. The van der Waals surface area contributed by atoms with E-state index in [0.29, 0.717) is 24.3 Å². The summed E-state index contributed by atoms with van der Waals surface area (Å²) in [5.74, 6) is -1.26. The number of esters is 1. The third-order valence-electron chi connectivity index (χ3n) is 5.03. The number of anilines is 1. The van der Waals surface area contributed by atoms with Gasteiger partial charge in [-0.2, -0.15) is 0 Å². The molecule has 2 aromatic carbocycles. The molecule has 0 radical (unpaired) electrons. The second-order valence-corrected chi connectivity index (χ2v) is 7.79. The van der Waals surface area contributed by atoms with Crippen molar-refractivity contribution in [1.82, 2.24) is 0 Å². The van der Waals surface area contributed by atoms with Crippen molar-refractivity contribution in [1.29, 1.82) is 0 Å². The van der Waals surface area contributed by atoms with Crippen LogP contribution in [0.25, 0.3) is 0 Å². The number of carboxylic acid groups (broad SMARTS) is 1. The number of nitrogens with one attached hydrogen (secondary N) is 1. The van der Waals surface area contributed by atoms with Gasteiger partial charge in [-0.05, 0) is 67.5 Å². The molecule has 0 saturated carbocycles. The number of aryl methyl sites for hydroxylation is 1. The molecule has 0 atom stereocenters. The van der Waals surface area contributed by atoms with Crippen LogP contribution >= 0.6 is 0 Å². The molecular formula is C25H31NO5. The van der Waals surface area contributed by atoms with E-state index in [1.807, 2.05) is 26.0 Å². The van der Waals surface area contributed by atoms with Gasteiger partial charge in [0, 0.05) is 12.1 Å². The van der Waals surface area contributed by atoms with Crippen LogP contribution in [0.2, 0.25) is 0 Å². The Hall–Kier alpha value is -3.15. The molecule has 31 heavy (non-hydrogen) atoms. The first-order valence-electron chi connectivity index (χ1n) is 10.7. The molecule has 6 nitrogen and oxygen atoms in total.